The molecule has 0 radical (unpaired) electrons. The maximum Gasteiger partial charge on any atom is 0.332 e. The Morgan fingerprint density at radius 2 is 2.10 bits per heavy atom. The van der Waals surface area contributed by atoms with E-state index in [4.69, 9.17) is 0 Å². The fraction of sp³-hybridized carbons (Fsp3) is 0.500. The molecule has 0 bridgehead atoms. The Balaban J connectivity index is 2.72. The number of aryl methyl sites for hydroxylation is 1. The summed E-state index contributed by atoms with van der Waals surface area (Å²) in [6.07, 6.45) is 3.57. The summed E-state index contributed by atoms with van der Waals surface area (Å²) < 4.78 is 2.74. The minimum atomic E-state index is -0.301. The number of rotatable bonds is 5. The van der Waals surface area contributed by atoms with E-state index in [9.17, 15) is 9.59 Å². The zero-order chi connectivity index (χ0) is 14.7. The van der Waals surface area contributed by atoms with Gasteiger partial charge < -0.3 is 5.32 Å². The third-order valence-corrected chi connectivity index (χ3v) is 3.35. The van der Waals surface area contributed by atoms with Crippen molar-refractivity contribution < 1.29 is 0 Å². The molecule has 0 aliphatic rings. The minimum Gasteiger partial charge on any atom is -0.316 e. The lowest BCUT2D eigenvalue weighted by atomic mass is 10.2. The van der Waals surface area contributed by atoms with E-state index in [0.717, 1.165) is 23.0 Å². The van der Waals surface area contributed by atoms with Crippen LogP contribution in [0.3, 0.4) is 0 Å². The summed E-state index contributed by atoms with van der Waals surface area (Å²) in [5, 5.41) is 3.52. The Morgan fingerprint density at radius 1 is 1.35 bits per heavy atom. The molecule has 1 N–H and O–H groups in total. The van der Waals surface area contributed by atoms with Crippen molar-refractivity contribution in [3.05, 3.63) is 38.7 Å². The lowest BCUT2D eigenvalue weighted by Crippen LogP contribution is -2.38. The van der Waals surface area contributed by atoms with E-state index in [2.05, 4.69) is 17.2 Å². The van der Waals surface area contributed by atoms with Crippen LogP contribution in [0.2, 0.25) is 0 Å². The van der Waals surface area contributed by atoms with Gasteiger partial charge in [0, 0.05) is 26.3 Å². The van der Waals surface area contributed by atoms with Crippen molar-refractivity contribution in [2.45, 2.75) is 32.9 Å². The van der Waals surface area contributed by atoms with Gasteiger partial charge in [0.1, 0.15) is 5.65 Å². The molecule has 0 fully saturated rings. The third-order valence-electron chi connectivity index (χ3n) is 3.35. The van der Waals surface area contributed by atoms with Gasteiger partial charge in [-0.2, -0.15) is 0 Å². The Kier molecular flexibility index (Phi) is 4.34. The standard InChI is InChI=1S/C14H20N4O2/c1-4-5-6-18-12-11(13(19)17(3)14(18)20)7-10(8-15-2)9-16-12/h7,9,15H,4-6,8H2,1-3H3. The Hall–Kier alpha value is -1.95. The fourth-order valence-electron chi connectivity index (χ4n) is 2.23. The number of hydrogen-bond donors (Lipinski definition) is 1. The zero-order valence-corrected chi connectivity index (χ0v) is 12.1. The van der Waals surface area contributed by atoms with E-state index in [0.29, 0.717) is 24.1 Å². The number of pyridine rings is 1. The summed E-state index contributed by atoms with van der Waals surface area (Å²) in [5.41, 5.74) is 0.817. The number of nitrogens with zero attached hydrogens (tertiary/aromatic N) is 3. The second-order valence-electron chi connectivity index (χ2n) is 4.90. The van der Waals surface area contributed by atoms with Gasteiger partial charge >= 0.3 is 5.69 Å². The molecule has 2 aromatic heterocycles. The van der Waals surface area contributed by atoms with Gasteiger partial charge in [0.25, 0.3) is 5.56 Å². The van der Waals surface area contributed by atoms with Crippen molar-refractivity contribution in [3.8, 4) is 0 Å². The first-order valence-corrected chi connectivity index (χ1v) is 6.83. The molecule has 0 unspecified atom stereocenters. The highest BCUT2D eigenvalue weighted by atomic mass is 16.2. The second kappa shape index (κ2) is 6.00. The molecule has 6 nitrogen and oxygen atoms in total. The normalized spacial score (nSPS) is 11.2. The maximum atomic E-state index is 12.2. The fourth-order valence-corrected chi connectivity index (χ4v) is 2.23. The largest absolute Gasteiger partial charge is 0.332 e. The van der Waals surface area contributed by atoms with Crippen LogP contribution in [0.25, 0.3) is 11.0 Å². The summed E-state index contributed by atoms with van der Waals surface area (Å²) >= 11 is 0. The highest BCUT2D eigenvalue weighted by molar-refractivity contribution is 5.74. The van der Waals surface area contributed by atoms with Crippen molar-refractivity contribution >= 4 is 11.0 Å². The summed E-state index contributed by atoms with van der Waals surface area (Å²) in [6, 6.07) is 1.81. The van der Waals surface area contributed by atoms with Crippen LogP contribution in [0.15, 0.2) is 21.9 Å². The predicted molar refractivity (Wildman–Crippen MR) is 78.9 cm³/mol. The predicted octanol–water partition coefficient (Wildman–Crippen LogP) is 0.615. The van der Waals surface area contributed by atoms with Gasteiger partial charge in [-0.25, -0.2) is 9.78 Å². The highest BCUT2D eigenvalue weighted by Gasteiger charge is 2.12. The molecule has 20 heavy (non-hydrogen) atoms. The average molecular weight is 276 g/mol. The molecule has 0 amide bonds. The molecule has 6 heteroatoms. The minimum absolute atomic E-state index is 0.289. The van der Waals surface area contributed by atoms with Crippen molar-refractivity contribution in [1.82, 2.24) is 19.4 Å². The van der Waals surface area contributed by atoms with Crippen molar-refractivity contribution in [2.75, 3.05) is 7.05 Å². The first kappa shape index (κ1) is 14.5. The molecule has 2 heterocycles. The van der Waals surface area contributed by atoms with Gasteiger partial charge in [-0.1, -0.05) is 13.3 Å². The molecule has 0 saturated heterocycles. The van der Waals surface area contributed by atoms with Crippen LogP contribution in [0.4, 0.5) is 0 Å². The molecule has 0 spiro atoms. The Morgan fingerprint density at radius 3 is 2.75 bits per heavy atom. The van der Waals surface area contributed by atoms with Crippen molar-refractivity contribution in [2.24, 2.45) is 7.05 Å². The molecular formula is C14H20N4O2. The second-order valence-corrected chi connectivity index (χ2v) is 4.90. The lowest BCUT2D eigenvalue weighted by molar-refractivity contribution is 0.583. The zero-order valence-electron chi connectivity index (χ0n) is 12.1. The molecule has 0 saturated carbocycles. The van der Waals surface area contributed by atoms with E-state index in [1.54, 1.807) is 10.8 Å². The molecule has 0 aliphatic heterocycles. The molecule has 2 aromatic rings. The molecule has 108 valence electrons. The number of nitrogens with one attached hydrogen (secondary N) is 1. The molecular weight excluding hydrogens is 256 g/mol. The van der Waals surface area contributed by atoms with Crippen LogP contribution in [-0.4, -0.2) is 21.2 Å². The summed E-state index contributed by atoms with van der Waals surface area (Å²) in [6.45, 7) is 3.28. The number of hydrogen-bond acceptors (Lipinski definition) is 4. The summed E-state index contributed by atoms with van der Waals surface area (Å²) in [5.74, 6) is 0. The van der Waals surface area contributed by atoms with E-state index in [-0.39, 0.29) is 11.2 Å². The summed E-state index contributed by atoms with van der Waals surface area (Å²) in [4.78, 5) is 28.7. The molecule has 0 aliphatic carbocycles. The van der Waals surface area contributed by atoms with Crippen LogP contribution in [0, 0.1) is 0 Å². The van der Waals surface area contributed by atoms with Gasteiger partial charge in [0.15, 0.2) is 0 Å². The van der Waals surface area contributed by atoms with Gasteiger partial charge in [0.2, 0.25) is 0 Å². The van der Waals surface area contributed by atoms with Crippen LogP contribution in [0.1, 0.15) is 25.3 Å². The number of fused-ring (bicyclic) bond motifs is 1. The van der Waals surface area contributed by atoms with Crippen molar-refractivity contribution in [1.29, 1.82) is 0 Å². The van der Waals surface area contributed by atoms with Gasteiger partial charge in [0.05, 0.1) is 5.39 Å². The van der Waals surface area contributed by atoms with E-state index in [1.807, 2.05) is 13.1 Å². The summed E-state index contributed by atoms with van der Waals surface area (Å²) in [7, 11) is 3.35. The maximum absolute atomic E-state index is 12.2. The number of aromatic nitrogens is 3. The van der Waals surface area contributed by atoms with E-state index in [1.165, 1.54) is 7.05 Å². The van der Waals surface area contributed by atoms with Crippen LogP contribution >= 0.6 is 0 Å². The van der Waals surface area contributed by atoms with Crippen molar-refractivity contribution in [3.63, 3.8) is 0 Å². The van der Waals surface area contributed by atoms with Crippen LogP contribution in [0.5, 0.6) is 0 Å². The van der Waals surface area contributed by atoms with Crippen LogP contribution < -0.4 is 16.6 Å². The van der Waals surface area contributed by atoms with Gasteiger partial charge in [-0.3, -0.25) is 13.9 Å². The SMILES string of the molecule is CCCCn1c(=O)n(C)c(=O)c2cc(CNC)cnc21. The topological polar surface area (TPSA) is 68.9 Å². The third kappa shape index (κ3) is 2.51. The van der Waals surface area contributed by atoms with Gasteiger partial charge in [-0.15, -0.1) is 0 Å². The quantitative estimate of drug-likeness (QED) is 0.869. The highest BCUT2D eigenvalue weighted by Crippen LogP contribution is 2.09. The molecule has 2 rings (SSSR count). The number of unbranched alkanes of at least 4 members (excludes halogenated alkanes) is 1. The Labute approximate surface area is 117 Å². The average Bonchev–Trinajstić information content (AvgIpc) is 2.46. The molecule has 0 aromatic carbocycles. The lowest BCUT2D eigenvalue weighted by Gasteiger charge is -2.11. The monoisotopic (exact) mass is 276 g/mol. The first-order valence-electron chi connectivity index (χ1n) is 6.83. The van der Waals surface area contributed by atoms with Gasteiger partial charge in [-0.05, 0) is 25.1 Å². The first-order chi connectivity index (χ1) is 9.60. The van der Waals surface area contributed by atoms with Crippen LogP contribution in [-0.2, 0) is 20.1 Å². The molecule has 0 atom stereocenters. The van der Waals surface area contributed by atoms with E-state index >= 15 is 0 Å². The van der Waals surface area contributed by atoms with E-state index < -0.39 is 0 Å². The smallest absolute Gasteiger partial charge is 0.316 e. The Bertz CT molecular complexity index is 730.